The molecule has 0 radical (unpaired) electrons. The van der Waals surface area contributed by atoms with Gasteiger partial charge in [-0.15, -0.1) is 0 Å². The topological polar surface area (TPSA) is 75.2 Å². The Morgan fingerprint density at radius 2 is 1.67 bits per heavy atom. The number of hydrogen-bond acceptors (Lipinski definition) is 4. The lowest BCUT2D eigenvalue weighted by molar-refractivity contribution is -0.134. The van der Waals surface area contributed by atoms with Crippen molar-refractivity contribution in [2.45, 2.75) is 38.6 Å². The predicted molar refractivity (Wildman–Crippen MR) is 102 cm³/mol. The molecule has 6 nitrogen and oxygen atoms in total. The Kier molecular flexibility index (Phi) is 4.64. The maximum Gasteiger partial charge on any atom is 0.251 e. The number of carbonyl (C=O) groups excluding carboxylic acids is 2. The second-order valence-electron chi connectivity index (χ2n) is 7.67. The summed E-state index contributed by atoms with van der Waals surface area (Å²) in [6.45, 7) is 3.38. The molecule has 1 aliphatic heterocycles. The third kappa shape index (κ3) is 3.84. The molecule has 1 saturated heterocycles. The normalized spacial score (nSPS) is 18.8. The van der Waals surface area contributed by atoms with E-state index in [0.29, 0.717) is 16.8 Å². The summed E-state index contributed by atoms with van der Waals surface area (Å²) in [5.41, 5.74) is 1.90. The monoisotopic (exact) mass is 364 g/mol. The first-order valence-corrected chi connectivity index (χ1v) is 9.53. The number of nitrogens with one attached hydrogen (secondary N) is 1. The summed E-state index contributed by atoms with van der Waals surface area (Å²) in [5, 5.41) is 2.83. The summed E-state index contributed by atoms with van der Waals surface area (Å²) in [6.07, 6.45) is 8.19. The van der Waals surface area contributed by atoms with Crippen LogP contribution in [-0.4, -0.2) is 45.8 Å². The average Bonchev–Trinajstić information content (AvgIpc) is 3.47. The van der Waals surface area contributed by atoms with Crippen LogP contribution in [0, 0.1) is 5.41 Å². The van der Waals surface area contributed by atoms with Gasteiger partial charge in [-0.3, -0.25) is 9.59 Å². The van der Waals surface area contributed by atoms with Crippen molar-refractivity contribution in [2.24, 2.45) is 5.41 Å². The van der Waals surface area contributed by atoms with Gasteiger partial charge in [0.05, 0.1) is 0 Å². The van der Waals surface area contributed by atoms with Gasteiger partial charge in [-0.2, -0.15) is 0 Å². The summed E-state index contributed by atoms with van der Waals surface area (Å²) in [4.78, 5) is 35.4. The first-order chi connectivity index (χ1) is 13.1. The summed E-state index contributed by atoms with van der Waals surface area (Å²) < 4.78 is 0. The fourth-order valence-electron chi connectivity index (χ4n) is 3.71. The van der Waals surface area contributed by atoms with E-state index in [2.05, 4.69) is 15.3 Å². The van der Waals surface area contributed by atoms with Gasteiger partial charge in [0, 0.05) is 36.6 Å². The van der Waals surface area contributed by atoms with Crippen molar-refractivity contribution in [1.29, 1.82) is 0 Å². The van der Waals surface area contributed by atoms with Gasteiger partial charge in [0.15, 0.2) is 5.82 Å². The van der Waals surface area contributed by atoms with Crippen molar-refractivity contribution < 1.29 is 9.59 Å². The third-order valence-corrected chi connectivity index (χ3v) is 5.78. The largest absolute Gasteiger partial charge is 0.341 e. The van der Waals surface area contributed by atoms with E-state index in [4.69, 9.17) is 0 Å². The first kappa shape index (κ1) is 17.6. The molecule has 2 amide bonds. The number of nitrogens with zero attached hydrogens (tertiary/aromatic N) is 3. The number of benzene rings is 1. The van der Waals surface area contributed by atoms with Crippen LogP contribution in [-0.2, 0) is 4.79 Å². The Hall–Kier alpha value is -2.76. The molecule has 1 spiro atoms. The smallest absolute Gasteiger partial charge is 0.251 e. The van der Waals surface area contributed by atoms with Crippen LogP contribution in [0.5, 0.6) is 0 Å². The summed E-state index contributed by atoms with van der Waals surface area (Å²) in [7, 11) is 0. The molecule has 1 N–H and O–H groups in total. The molecule has 2 fully saturated rings. The van der Waals surface area contributed by atoms with E-state index in [1.807, 2.05) is 17.0 Å². The molecule has 2 aromatic rings. The number of piperidine rings is 1. The number of rotatable bonds is 4. The highest BCUT2D eigenvalue weighted by Crippen LogP contribution is 2.53. The molecular formula is C21H24N4O2. The average molecular weight is 364 g/mol. The Balaban J connectivity index is 1.34. The maximum atomic E-state index is 12.6. The highest BCUT2D eigenvalue weighted by Gasteiger charge is 2.45. The quantitative estimate of drug-likeness (QED) is 0.905. The van der Waals surface area contributed by atoms with E-state index >= 15 is 0 Å². The highest BCUT2D eigenvalue weighted by molar-refractivity contribution is 5.97. The van der Waals surface area contributed by atoms with Gasteiger partial charge in [-0.1, -0.05) is 12.1 Å². The number of hydrogen-bond donors (Lipinski definition) is 1. The van der Waals surface area contributed by atoms with E-state index in [-0.39, 0.29) is 11.8 Å². The third-order valence-electron chi connectivity index (χ3n) is 5.78. The molecule has 1 aromatic carbocycles. The van der Waals surface area contributed by atoms with Crippen molar-refractivity contribution >= 4 is 11.8 Å². The number of likely N-dealkylation sites (tertiary alicyclic amines) is 1. The number of carbonyl (C=O) groups is 2. The molecule has 6 heteroatoms. The molecular weight excluding hydrogens is 340 g/mol. The van der Waals surface area contributed by atoms with Crippen LogP contribution in [0.3, 0.4) is 0 Å². The minimum absolute atomic E-state index is 0.00755. The molecule has 2 aliphatic rings. The Bertz CT molecular complexity index is 821. The zero-order valence-electron chi connectivity index (χ0n) is 15.5. The zero-order valence-corrected chi connectivity index (χ0v) is 15.5. The van der Waals surface area contributed by atoms with Crippen LogP contribution >= 0.6 is 0 Å². The van der Waals surface area contributed by atoms with E-state index in [1.54, 1.807) is 37.5 Å². The van der Waals surface area contributed by atoms with Gasteiger partial charge in [0.25, 0.3) is 5.91 Å². The molecule has 1 atom stereocenters. The summed E-state index contributed by atoms with van der Waals surface area (Å²) in [6, 6.07) is 8.33. The highest BCUT2D eigenvalue weighted by atomic mass is 16.2. The van der Waals surface area contributed by atoms with Crippen molar-refractivity contribution in [1.82, 2.24) is 20.2 Å². The first-order valence-electron chi connectivity index (χ1n) is 9.53. The zero-order chi connectivity index (χ0) is 18.9. The molecule has 27 heavy (non-hydrogen) atoms. The lowest BCUT2D eigenvalue weighted by Gasteiger charge is -2.33. The van der Waals surface area contributed by atoms with E-state index < -0.39 is 6.04 Å². The minimum Gasteiger partial charge on any atom is -0.341 e. The molecule has 1 aromatic heterocycles. The second-order valence-corrected chi connectivity index (χ2v) is 7.67. The fourth-order valence-corrected chi connectivity index (χ4v) is 3.71. The molecule has 1 saturated carbocycles. The standard InChI is InChI=1S/C21H24N4O2/c1-15(20(27)25-13-9-21(7-8-21)10-14-25)24-19(26)17-5-3-16(4-6-17)18-22-11-2-12-23-18/h2-6,11-12,15H,7-10,13-14H2,1H3,(H,24,26). The van der Waals surface area contributed by atoms with Gasteiger partial charge in [-0.25, -0.2) is 9.97 Å². The van der Waals surface area contributed by atoms with Crippen LogP contribution in [0.4, 0.5) is 0 Å². The molecule has 2 heterocycles. The number of amides is 2. The molecule has 140 valence electrons. The van der Waals surface area contributed by atoms with Crippen LogP contribution in [0.15, 0.2) is 42.7 Å². The van der Waals surface area contributed by atoms with Crippen LogP contribution in [0.1, 0.15) is 43.0 Å². The Labute approximate surface area is 159 Å². The lowest BCUT2D eigenvalue weighted by atomic mass is 9.93. The molecule has 4 rings (SSSR count). The van der Waals surface area contributed by atoms with Gasteiger partial charge in [0.1, 0.15) is 6.04 Å². The van der Waals surface area contributed by atoms with Crippen LogP contribution in [0.25, 0.3) is 11.4 Å². The van der Waals surface area contributed by atoms with Crippen LogP contribution in [0.2, 0.25) is 0 Å². The Morgan fingerprint density at radius 1 is 1.04 bits per heavy atom. The van der Waals surface area contributed by atoms with Gasteiger partial charge < -0.3 is 10.2 Å². The Morgan fingerprint density at radius 3 is 2.26 bits per heavy atom. The van der Waals surface area contributed by atoms with Gasteiger partial charge in [0.2, 0.25) is 5.91 Å². The van der Waals surface area contributed by atoms with Crippen LogP contribution < -0.4 is 5.32 Å². The van der Waals surface area contributed by atoms with E-state index in [0.717, 1.165) is 31.5 Å². The van der Waals surface area contributed by atoms with Gasteiger partial charge >= 0.3 is 0 Å². The maximum absolute atomic E-state index is 12.6. The molecule has 1 aliphatic carbocycles. The molecule has 1 unspecified atom stereocenters. The second kappa shape index (κ2) is 7.10. The fraction of sp³-hybridized carbons (Fsp3) is 0.429. The van der Waals surface area contributed by atoms with E-state index in [1.165, 1.54) is 12.8 Å². The van der Waals surface area contributed by atoms with Gasteiger partial charge in [-0.05, 0) is 56.2 Å². The number of aromatic nitrogens is 2. The SMILES string of the molecule is CC(NC(=O)c1ccc(-c2ncccn2)cc1)C(=O)N1CCC2(CC1)CC2. The summed E-state index contributed by atoms with van der Waals surface area (Å²) >= 11 is 0. The lowest BCUT2D eigenvalue weighted by Crippen LogP contribution is -2.49. The minimum atomic E-state index is -0.525. The van der Waals surface area contributed by atoms with Crippen molar-refractivity contribution in [3.05, 3.63) is 48.3 Å². The van der Waals surface area contributed by atoms with Crippen molar-refractivity contribution in [3.63, 3.8) is 0 Å². The molecule has 0 bridgehead atoms. The van der Waals surface area contributed by atoms with Crippen molar-refractivity contribution in [2.75, 3.05) is 13.1 Å². The van der Waals surface area contributed by atoms with Crippen molar-refractivity contribution in [3.8, 4) is 11.4 Å². The predicted octanol–water partition coefficient (Wildman–Crippen LogP) is 2.66. The van der Waals surface area contributed by atoms with E-state index in [9.17, 15) is 9.59 Å². The summed E-state index contributed by atoms with van der Waals surface area (Å²) in [5.74, 6) is 0.381.